The Hall–Kier alpha value is -2.34. The first-order valence-corrected chi connectivity index (χ1v) is 8.55. The number of carbonyl (C=O) groups is 2. The number of carbonyl (C=O) groups excluding carboxylic acids is 2. The van der Waals surface area contributed by atoms with E-state index in [1.54, 1.807) is 65.9 Å². The second-order valence-electron chi connectivity index (χ2n) is 7.80. The number of benzene rings is 1. The Bertz CT molecular complexity index is 810. The third-order valence-corrected chi connectivity index (χ3v) is 3.31. The zero-order valence-electron chi connectivity index (χ0n) is 15.8. The molecule has 1 aromatic heterocycles. The summed E-state index contributed by atoms with van der Waals surface area (Å²) >= 11 is 6.01. The molecule has 2 rings (SSSR count). The Morgan fingerprint density at radius 2 is 1.54 bits per heavy atom. The first-order valence-electron chi connectivity index (χ1n) is 8.18. The van der Waals surface area contributed by atoms with Gasteiger partial charge in [-0.05, 0) is 53.7 Å². The summed E-state index contributed by atoms with van der Waals surface area (Å²) in [5.74, 6) is 0. The lowest BCUT2D eigenvalue weighted by Gasteiger charge is -2.29. The Kier molecular flexibility index (Phi) is 5.47. The smallest absolute Gasteiger partial charge is 0.424 e. The molecule has 0 aliphatic heterocycles. The molecule has 2 amide bonds. The van der Waals surface area contributed by atoms with Crippen LogP contribution in [0.3, 0.4) is 0 Å². The number of imide groups is 1. The molecule has 0 aliphatic carbocycles. The number of nitrogens with zero attached hydrogens (tertiary/aromatic N) is 2. The SMILES string of the molecule is CC(C)(C)OC(=O)N(C(=O)OC(C)(C)C)c1cccc2cnc(Cl)cc12. The number of pyridine rings is 1. The highest BCUT2D eigenvalue weighted by molar-refractivity contribution is 6.30. The predicted molar refractivity (Wildman–Crippen MR) is 102 cm³/mol. The molecular formula is C19H23ClN2O4. The van der Waals surface area contributed by atoms with Crippen molar-refractivity contribution in [2.45, 2.75) is 52.7 Å². The minimum Gasteiger partial charge on any atom is -0.443 e. The van der Waals surface area contributed by atoms with Gasteiger partial charge in [0.1, 0.15) is 16.4 Å². The Morgan fingerprint density at radius 1 is 1.00 bits per heavy atom. The van der Waals surface area contributed by atoms with Crippen LogP contribution in [-0.2, 0) is 9.47 Å². The first-order chi connectivity index (χ1) is 11.9. The number of halogens is 1. The van der Waals surface area contributed by atoms with Gasteiger partial charge in [0.2, 0.25) is 0 Å². The standard InChI is InChI=1S/C19H23ClN2O4/c1-18(2,3)25-16(23)22(17(24)26-19(4,5)6)14-9-7-8-12-11-21-15(20)10-13(12)14/h7-11H,1-6H3. The fourth-order valence-electron chi connectivity index (χ4n) is 2.21. The topological polar surface area (TPSA) is 68.7 Å². The number of fused-ring (bicyclic) bond motifs is 1. The van der Waals surface area contributed by atoms with Crippen LogP contribution in [0.2, 0.25) is 5.15 Å². The van der Waals surface area contributed by atoms with Crippen LogP contribution in [-0.4, -0.2) is 28.4 Å². The minimum atomic E-state index is -0.827. The van der Waals surface area contributed by atoms with Crippen LogP contribution in [0, 0.1) is 0 Å². The maximum absolute atomic E-state index is 12.8. The average molecular weight is 379 g/mol. The normalized spacial score (nSPS) is 12.0. The van der Waals surface area contributed by atoms with Crippen molar-refractivity contribution >= 4 is 40.2 Å². The largest absolute Gasteiger partial charge is 0.443 e. The molecule has 0 saturated heterocycles. The zero-order chi connectivity index (χ0) is 19.7. The van der Waals surface area contributed by atoms with Crippen molar-refractivity contribution in [3.63, 3.8) is 0 Å². The lowest BCUT2D eigenvalue weighted by molar-refractivity contribution is 0.0431. The molecule has 26 heavy (non-hydrogen) atoms. The van der Waals surface area contributed by atoms with Crippen LogP contribution in [0.15, 0.2) is 30.5 Å². The number of hydrogen-bond acceptors (Lipinski definition) is 5. The molecule has 0 N–H and O–H groups in total. The number of anilines is 1. The molecule has 0 atom stereocenters. The number of rotatable bonds is 1. The van der Waals surface area contributed by atoms with Crippen molar-refractivity contribution in [1.82, 2.24) is 4.98 Å². The summed E-state index contributed by atoms with van der Waals surface area (Å²) in [5.41, 5.74) is -1.24. The highest BCUT2D eigenvalue weighted by Gasteiger charge is 2.33. The van der Waals surface area contributed by atoms with E-state index in [1.807, 2.05) is 6.07 Å². The Morgan fingerprint density at radius 3 is 2.04 bits per heavy atom. The number of amides is 2. The predicted octanol–water partition coefficient (Wildman–Crippen LogP) is 5.56. The van der Waals surface area contributed by atoms with E-state index in [0.717, 1.165) is 10.3 Å². The molecule has 0 bridgehead atoms. The molecule has 1 heterocycles. The van der Waals surface area contributed by atoms with Gasteiger partial charge in [-0.25, -0.2) is 14.6 Å². The quantitative estimate of drug-likeness (QED) is 0.607. The van der Waals surface area contributed by atoms with Crippen molar-refractivity contribution in [1.29, 1.82) is 0 Å². The van der Waals surface area contributed by atoms with Crippen LogP contribution in [0.5, 0.6) is 0 Å². The Balaban J connectivity index is 2.59. The number of ether oxygens (including phenoxy) is 2. The summed E-state index contributed by atoms with van der Waals surface area (Å²) in [4.78, 5) is 30.5. The van der Waals surface area contributed by atoms with Gasteiger partial charge in [-0.3, -0.25) is 0 Å². The highest BCUT2D eigenvalue weighted by atomic mass is 35.5. The van der Waals surface area contributed by atoms with Gasteiger partial charge in [0, 0.05) is 17.0 Å². The van der Waals surface area contributed by atoms with Gasteiger partial charge >= 0.3 is 12.2 Å². The summed E-state index contributed by atoms with van der Waals surface area (Å²) < 4.78 is 10.8. The van der Waals surface area contributed by atoms with E-state index < -0.39 is 23.4 Å². The molecule has 0 radical (unpaired) electrons. The fraction of sp³-hybridized carbons (Fsp3) is 0.421. The van der Waals surface area contributed by atoms with E-state index in [9.17, 15) is 9.59 Å². The number of hydrogen-bond donors (Lipinski definition) is 0. The average Bonchev–Trinajstić information content (AvgIpc) is 2.44. The second-order valence-corrected chi connectivity index (χ2v) is 8.19. The van der Waals surface area contributed by atoms with Crippen molar-refractivity contribution in [2.24, 2.45) is 0 Å². The monoisotopic (exact) mass is 378 g/mol. The summed E-state index contributed by atoms with van der Waals surface area (Å²) in [7, 11) is 0. The summed E-state index contributed by atoms with van der Waals surface area (Å²) in [6.45, 7) is 10.3. The maximum atomic E-state index is 12.8. The highest BCUT2D eigenvalue weighted by Crippen LogP contribution is 2.30. The minimum absolute atomic E-state index is 0.248. The van der Waals surface area contributed by atoms with Gasteiger partial charge in [0.15, 0.2) is 0 Å². The van der Waals surface area contributed by atoms with Gasteiger partial charge in [0.05, 0.1) is 5.69 Å². The molecule has 140 valence electrons. The van der Waals surface area contributed by atoms with Crippen molar-refractivity contribution in [2.75, 3.05) is 4.90 Å². The van der Waals surface area contributed by atoms with Gasteiger partial charge in [-0.2, -0.15) is 4.90 Å². The molecule has 0 saturated carbocycles. The van der Waals surface area contributed by atoms with E-state index in [1.165, 1.54) is 0 Å². The van der Waals surface area contributed by atoms with Gasteiger partial charge in [-0.15, -0.1) is 0 Å². The third-order valence-electron chi connectivity index (χ3n) is 3.10. The molecule has 2 aromatic rings. The third kappa shape index (κ3) is 5.08. The van der Waals surface area contributed by atoms with Crippen LogP contribution >= 0.6 is 11.6 Å². The molecule has 1 aromatic carbocycles. The van der Waals surface area contributed by atoms with Gasteiger partial charge in [-0.1, -0.05) is 23.7 Å². The van der Waals surface area contributed by atoms with E-state index >= 15 is 0 Å². The van der Waals surface area contributed by atoms with Crippen LogP contribution in [0.1, 0.15) is 41.5 Å². The van der Waals surface area contributed by atoms with E-state index in [4.69, 9.17) is 21.1 Å². The van der Waals surface area contributed by atoms with E-state index in [0.29, 0.717) is 11.1 Å². The van der Waals surface area contributed by atoms with E-state index in [-0.39, 0.29) is 5.15 Å². The second kappa shape index (κ2) is 7.11. The fourth-order valence-corrected chi connectivity index (χ4v) is 2.37. The van der Waals surface area contributed by atoms with Crippen molar-refractivity contribution in [3.8, 4) is 0 Å². The van der Waals surface area contributed by atoms with Crippen molar-refractivity contribution < 1.29 is 19.1 Å². The van der Waals surface area contributed by atoms with Crippen LogP contribution < -0.4 is 4.90 Å². The van der Waals surface area contributed by atoms with Crippen LogP contribution in [0.25, 0.3) is 10.8 Å². The Labute approximate surface area is 158 Å². The molecule has 0 fully saturated rings. The van der Waals surface area contributed by atoms with Crippen molar-refractivity contribution in [3.05, 3.63) is 35.6 Å². The molecule has 0 spiro atoms. The van der Waals surface area contributed by atoms with Gasteiger partial charge in [0.25, 0.3) is 0 Å². The lowest BCUT2D eigenvalue weighted by Crippen LogP contribution is -2.43. The first kappa shape index (κ1) is 20.0. The van der Waals surface area contributed by atoms with Gasteiger partial charge < -0.3 is 9.47 Å². The summed E-state index contributed by atoms with van der Waals surface area (Å²) in [6.07, 6.45) is -0.0804. The molecular weight excluding hydrogens is 356 g/mol. The molecule has 6 nitrogen and oxygen atoms in total. The molecule has 7 heteroatoms. The van der Waals surface area contributed by atoms with E-state index in [2.05, 4.69) is 4.98 Å². The lowest BCUT2D eigenvalue weighted by atomic mass is 10.1. The maximum Gasteiger partial charge on any atom is 0.424 e. The molecule has 0 unspecified atom stereocenters. The zero-order valence-corrected chi connectivity index (χ0v) is 16.5. The summed E-state index contributed by atoms with van der Waals surface area (Å²) in [5, 5.41) is 1.56. The summed E-state index contributed by atoms with van der Waals surface area (Å²) in [6, 6.07) is 6.75. The number of aromatic nitrogens is 1. The molecule has 0 aliphatic rings. The van der Waals surface area contributed by atoms with Crippen LogP contribution in [0.4, 0.5) is 15.3 Å².